The lowest BCUT2D eigenvalue weighted by Gasteiger charge is -2.21. The molecule has 51 heavy (non-hydrogen) atoms. The zero-order valence-corrected chi connectivity index (χ0v) is 33.0. The van der Waals surface area contributed by atoms with E-state index in [4.69, 9.17) is 26.1 Å². The van der Waals surface area contributed by atoms with Crippen molar-refractivity contribution in [2.45, 2.75) is 110 Å². The second kappa shape index (κ2) is 20.6. The highest BCUT2D eigenvalue weighted by Gasteiger charge is 2.26. The number of hydrogen-bond donors (Lipinski definition) is 0. The van der Waals surface area contributed by atoms with Crippen molar-refractivity contribution in [1.29, 1.82) is 0 Å². The van der Waals surface area contributed by atoms with E-state index in [1.807, 2.05) is 24.0 Å². The van der Waals surface area contributed by atoms with Crippen LogP contribution >= 0.6 is 23.4 Å². The molecule has 0 radical (unpaired) electrons. The summed E-state index contributed by atoms with van der Waals surface area (Å²) in [5.74, 6) is -0.122. The zero-order valence-electron chi connectivity index (χ0n) is 31.4. The van der Waals surface area contributed by atoms with E-state index in [0.717, 1.165) is 43.7 Å². The summed E-state index contributed by atoms with van der Waals surface area (Å²) in [6, 6.07) is 6.59. The minimum atomic E-state index is -0.460. The van der Waals surface area contributed by atoms with Crippen molar-refractivity contribution in [3.8, 4) is 5.75 Å². The third-order valence-electron chi connectivity index (χ3n) is 8.96. The first-order chi connectivity index (χ1) is 24.8. The molecule has 0 unspecified atom stereocenters. The number of amides is 1. The number of nitrogens with zero attached hydrogens (tertiary/aromatic N) is 5. The second-order valence-corrected chi connectivity index (χ2v) is 14.6. The van der Waals surface area contributed by atoms with Crippen LogP contribution in [-0.2, 0) is 11.2 Å². The number of thioether (sulfide) groups is 1. The number of rotatable bonds is 21. The number of benzene rings is 1. The summed E-state index contributed by atoms with van der Waals surface area (Å²) < 4.78 is 12.3. The third kappa shape index (κ3) is 10.6. The molecule has 9 nitrogen and oxygen atoms in total. The summed E-state index contributed by atoms with van der Waals surface area (Å²) in [7, 11) is 1.60. The predicted octanol–water partition coefficient (Wildman–Crippen LogP) is 8.46. The lowest BCUT2D eigenvalue weighted by molar-refractivity contribution is 0.0743. The molecule has 278 valence electrons. The summed E-state index contributed by atoms with van der Waals surface area (Å²) >= 11 is 8.73. The molecule has 1 amide bonds. The fraction of sp³-hybridized carbons (Fsp3) is 0.550. The van der Waals surface area contributed by atoms with Crippen LogP contribution in [0.25, 0.3) is 11.7 Å². The maximum atomic E-state index is 14.2. The molecule has 4 rings (SSSR count). The highest BCUT2D eigenvalue weighted by Crippen LogP contribution is 2.46. The van der Waals surface area contributed by atoms with Gasteiger partial charge in [-0.1, -0.05) is 95.1 Å². The standard InChI is InChI=1S/C40H56ClN5O4S/c1-7-11-14-15-16-17-25-45-33-27-29(5)18-20-34(33)51-35(45)21-19-30(41)28-31-36(39(47)44(23-12-8-2)24-13-9-3)43-46-38(31)42-32(22-26-49-6)37(40(46)48)50-10-4/h18-21,27-28H,7-17,22-26H2,1-6H3. The summed E-state index contributed by atoms with van der Waals surface area (Å²) in [5.41, 5.74) is 2.88. The fourth-order valence-electron chi connectivity index (χ4n) is 6.13. The molecule has 11 heteroatoms. The average molecular weight is 738 g/mol. The summed E-state index contributed by atoms with van der Waals surface area (Å²) in [4.78, 5) is 38.3. The van der Waals surface area contributed by atoms with E-state index in [2.05, 4.69) is 55.9 Å². The quantitative estimate of drug-likeness (QED) is 0.101. The number of anilines is 1. The van der Waals surface area contributed by atoms with Gasteiger partial charge in [0.05, 0.1) is 34.8 Å². The van der Waals surface area contributed by atoms with Gasteiger partial charge in [-0.3, -0.25) is 9.59 Å². The number of fused-ring (bicyclic) bond motifs is 2. The maximum Gasteiger partial charge on any atom is 0.317 e. The number of aryl methyl sites for hydroxylation is 1. The SMILES string of the molecule is CCCCCCCCN1C(=CC=C(Cl)C=c2c(C(=O)N(CCCC)CCCC)nn3c(=O)c(OCC)c(CCOC)nc23)Sc2ccc(C)cc21. The van der Waals surface area contributed by atoms with Gasteiger partial charge in [0.1, 0.15) is 0 Å². The first-order valence-electron chi connectivity index (χ1n) is 18.8. The van der Waals surface area contributed by atoms with Gasteiger partial charge in [0.25, 0.3) is 5.91 Å². The van der Waals surface area contributed by atoms with E-state index in [-0.39, 0.29) is 29.6 Å². The van der Waals surface area contributed by atoms with Gasteiger partial charge in [0, 0.05) is 43.1 Å². The number of unbranched alkanes of at least 4 members (excludes halogenated alkanes) is 7. The number of carbonyl (C=O) groups is 1. The molecular weight excluding hydrogens is 682 g/mol. The van der Waals surface area contributed by atoms with E-state index >= 15 is 0 Å². The van der Waals surface area contributed by atoms with Crippen molar-refractivity contribution in [2.75, 3.05) is 44.9 Å². The molecule has 1 aliphatic heterocycles. The third-order valence-corrected chi connectivity index (χ3v) is 10.3. The van der Waals surface area contributed by atoms with Crippen LogP contribution in [0.5, 0.6) is 5.75 Å². The molecule has 2 aromatic heterocycles. The van der Waals surface area contributed by atoms with Gasteiger partial charge in [-0.05, 0) is 69.0 Å². The largest absolute Gasteiger partial charge is 0.487 e. The molecule has 0 bridgehead atoms. The Kier molecular flexibility index (Phi) is 16.4. The van der Waals surface area contributed by atoms with Gasteiger partial charge >= 0.3 is 5.56 Å². The summed E-state index contributed by atoms with van der Waals surface area (Å²) in [6.45, 7) is 13.2. The molecule has 3 aromatic rings. The number of halogens is 1. The molecule has 0 atom stereocenters. The average Bonchev–Trinajstić information content (AvgIpc) is 3.66. The molecule has 0 N–H and O–H groups in total. The Bertz CT molecular complexity index is 1780. The van der Waals surface area contributed by atoms with Gasteiger partial charge < -0.3 is 19.3 Å². The van der Waals surface area contributed by atoms with Gasteiger partial charge in [-0.2, -0.15) is 9.61 Å². The molecule has 0 saturated carbocycles. The number of aromatic nitrogens is 3. The second-order valence-electron chi connectivity index (χ2n) is 13.1. The summed E-state index contributed by atoms with van der Waals surface area (Å²) in [5, 5.41) is 6.52. The molecule has 0 spiro atoms. The molecule has 1 aliphatic rings. The van der Waals surface area contributed by atoms with Gasteiger partial charge in [-0.15, -0.1) is 0 Å². The molecule has 0 saturated heterocycles. The van der Waals surface area contributed by atoms with Crippen LogP contribution < -0.4 is 20.4 Å². The number of carbonyl (C=O) groups excluding carboxylic acids is 1. The Morgan fingerprint density at radius 2 is 1.71 bits per heavy atom. The smallest absolute Gasteiger partial charge is 0.317 e. The van der Waals surface area contributed by atoms with Gasteiger partial charge in [0.2, 0.25) is 5.75 Å². The van der Waals surface area contributed by atoms with Crippen molar-refractivity contribution in [3.05, 3.63) is 72.9 Å². The molecular formula is C40H56ClN5O4S. The van der Waals surface area contributed by atoms with E-state index in [9.17, 15) is 9.59 Å². The Morgan fingerprint density at radius 1 is 1.00 bits per heavy atom. The van der Waals surface area contributed by atoms with Crippen LogP contribution in [0.15, 0.2) is 50.1 Å². The Hall–Kier alpha value is -3.34. The van der Waals surface area contributed by atoms with Crippen LogP contribution in [0.1, 0.15) is 114 Å². The topological polar surface area (TPSA) is 89.3 Å². The van der Waals surface area contributed by atoms with E-state index in [1.165, 1.54) is 52.8 Å². The van der Waals surface area contributed by atoms with Gasteiger partial charge in [0.15, 0.2) is 11.3 Å². The van der Waals surface area contributed by atoms with E-state index in [1.54, 1.807) is 24.9 Å². The van der Waals surface area contributed by atoms with Crippen molar-refractivity contribution in [2.24, 2.45) is 0 Å². The minimum Gasteiger partial charge on any atom is -0.487 e. The first-order valence-corrected chi connectivity index (χ1v) is 20.0. The van der Waals surface area contributed by atoms with Crippen LogP contribution in [0, 0.1) is 6.92 Å². The number of methoxy groups -OCH3 is 1. The number of ether oxygens (including phenoxy) is 2. The Labute approximate surface area is 313 Å². The number of hydrogen-bond acceptors (Lipinski definition) is 8. The minimum absolute atomic E-state index is 0.119. The normalized spacial score (nSPS) is 14.3. The van der Waals surface area contributed by atoms with Crippen molar-refractivity contribution in [3.63, 3.8) is 0 Å². The van der Waals surface area contributed by atoms with Crippen molar-refractivity contribution >= 4 is 46.7 Å². The lowest BCUT2D eigenvalue weighted by atomic mass is 10.1. The van der Waals surface area contributed by atoms with Crippen molar-refractivity contribution < 1.29 is 14.3 Å². The predicted molar refractivity (Wildman–Crippen MR) is 211 cm³/mol. The van der Waals surface area contributed by atoms with Crippen LogP contribution in [0.4, 0.5) is 5.69 Å². The highest BCUT2D eigenvalue weighted by molar-refractivity contribution is 8.03. The maximum absolute atomic E-state index is 14.2. The van der Waals surface area contributed by atoms with Crippen LogP contribution in [0.2, 0.25) is 0 Å². The Balaban J connectivity index is 1.81. The summed E-state index contributed by atoms with van der Waals surface area (Å²) in [6.07, 6.45) is 17.0. The fourth-order valence-corrected chi connectivity index (χ4v) is 7.38. The molecule has 3 heterocycles. The molecule has 0 fully saturated rings. The van der Waals surface area contributed by atoms with Crippen LogP contribution in [0.3, 0.4) is 0 Å². The first kappa shape index (κ1) is 40.4. The number of allylic oxidation sites excluding steroid dienone is 3. The molecule has 0 aliphatic carbocycles. The van der Waals surface area contributed by atoms with Gasteiger partial charge in [-0.25, -0.2) is 4.98 Å². The van der Waals surface area contributed by atoms with Crippen LogP contribution in [-0.4, -0.2) is 65.4 Å². The zero-order chi connectivity index (χ0) is 36.8. The lowest BCUT2D eigenvalue weighted by Crippen LogP contribution is -2.35. The van der Waals surface area contributed by atoms with E-state index in [0.29, 0.717) is 42.1 Å². The highest BCUT2D eigenvalue weighted by atomic mass is 35.5. The monoisotopic (exact) mass is 737 g/mol. The molecule has 1 aromatic carbocycles. The van der Waals surface area contributed by atoms with E-state index < -0.39 is 5.56 Å². The Morgan fingerprint density at radius 3 is 2.39 bits per heavy atom. The van der Waals surface area contributed by atoms with Crippen molar-refractivity contribution in [1.82, 2.24) is 19.5 Å².